The summed E-state index contributed by atoms with van der Waals surface area (Å²) in [6.45, 7) is 4.64. The van der Waals surface area contributed by atoms with Crippen molar-refractivity contribution in [3.63, 3.8) is 0 Å². The van der Waals surface area contributed by atoms with Crippen LogP contribution in [0.3, 0.4) is 0 Å². The van der Waals surface area contributed by atoms with Crippen molar-refractivity contribution in [3.8, 4) is 11.5 Å². The molecule has 1 aromatic heterocycles. The van der Waals surface area contributed by atoms with E-state index in [2.05, 4.69) is 0 Å². The van der Waals surface area contributed by atoms with Gasteiger partial charge in [-0.05, 0) is 66.9 Å². The van der Waals surface area contributed by atoms with Gasteiger partial charge in [0.25, 0.3) is 11.7 Å². The van der Waals surface area contributed by atoms with E-state index in [1.54, 1.807) is 24.3 Å². The number of carbonyl (C=O) groups excluding carboxylic acids is 2. The van der Waals surface area contributed by atoms with Gasteiger partial charge in [-0.15, -0.1) is 0 Å². The summed E-state index contributed by atoms with van der Waals surface area (Å²) in [6.07, 6.45) is 3.13. The maximum absolute atomic E-state index is 13.3. The van der Waals surface area contributed by atoms with Crippen LogP contribution >= 0.6 is 0 Å². The Hall–Kier alpha value is -4.00. The van der Waals surface area contributed by atoms with E-state index >= 15 is 0 Å². The van der Waals surface area contributed by atoms with Crippen LogP contribution in [0.15, 0.2) is 70.9 Å². The average molecular weight is 474 g/mol. The van der Waals surface area contributed by atoms with Crippen molar-refractivity contribution in [2.75, 3.05) is 6.61 Å². The van der Waals surface area contributed by atoms with Crippen LogP contribution in [0.4, 0.5) is 0 Å². The van der Waals surface area contributed by atoms with Crippen LogP contribution in [-0.4, -0.2) is 34.4 Å². The number of furan rings is 1. The second-order valence-electron chi connectivity index (χ2n) is 8.88. The lowest BCUT2D eigenvalue weighted by molar-refractivity contribution is -0.140. The number of aliphatic hydroxyl groups is 1. The van der Waals surface area contributed by atoms with Crippen molar-refractivity contribution in [3.05, 3.63) is 88.9 Å². The minimum absolute atomic E-state index is 0.0427. The summed E-state index contributed by atoms with van der Waals surface area (Å²) in [6, 6.07) is 15.3. The summed E-state index contributed by atoms with van der Waals surface area (Å²) in [7, 11) is 0. The van der Waals surface area contributed by atoms with Crippen LogP contribution in [-0.2, 0) is 22.6 Å². The number of nitrogens with zero attached hydrogens (tertiary/aromatic N) is 1. The molecular formula is C28H27NO6. The first-order chi connectivity index (χ1) is 17.0. The van der Waals surface area contributed by atoms with Gasteiger partial charge in [0.1, 0.15) is 29.1 Å². The van der Waals surface area contributed by atoms with E-state index in [0.717, 1.165) is 17.7 Å². The maximum atomic E-state index is 13.3. The molecule has 0 saturated carbocycles. The summed E-state index contributed by atoms with van der Waals surface area (Å²) in [4.78, 5) is 27.9. The van der Waals surface area contributed by atoms with E-state index < -0.39 is 17.7 Å². The van der Waals surface area contributed by atoms with Crippen molar-refractivity contribution in [2.45, 2.75) is 45.4 Å². The molecule has 7 nitrogen and oxygen atoms in total. The van der Waals surface area contributed by atoms with Gasteiger partial charge in [0.15, 0.2) is 0 Å². The third-order valence-electron chi connectivity index (χ3n) is 6.26. The van der Waals surface area contributed by atoms with Gasteiger partial charge in [-0.2, -0.15) is 0 Å². The highest BCUT2D eigenvalue weighted by atomic mass is 16.5. The Bertz CT molecular complexity index is 1290. The Kier molecular flexibility index (Phi) is 6.07. The number of hydrogen-bond acceptors (Lipinski definition) is 6. The molecule has 1 fully saturated rings. The lowest BCUT2D eigenvalue weighted by atomic mass is 9.94. The molecule has 0 unspecified atom stereocenters. The Morgan fingerprint density at radius 1 is 1.14 bits per heavy atom. The van der Waals surface area contributed by atoms with Crippen LogP contribution in [0, 0.1) is 0 Å². The molecule has 1 saturated heterocycles. The average Bonchev–Trinajstić information content (AvgIpc) is 3.56. The number of ether oxygens (including phenoxy) is 2. The summed E-state index contributed by atoms with van der Waals surface area (Å²) in [5.74, 6) is 0.313. The Morgan fingerprint density at radius 2 is 2.00 bits per heavy atom. The highest BCUT2D eigenvalue weighted by Crippen LogP contribution is 2.42. The summed E-state index contributed by atoms with van der Waals surface area (Å²) < 4.78 is 17.0. The van der Waals surface area contributed by atoms with E-state index in [1.165, 1.54) is 11.2 Å². The lowest BCUT2D eigenvalue weighted by Gasteiger charge is -2.25. The highest BCUT2D eigenvalue weighted by Gasteiger charge is 2.46. The van der Waals surface area contributed by atoms with Gasteiger partial charge in [-0.25, -0.2) is 0 Å². The molecule has 2 atom stereocenters. The lowest BCUT2D eigenvalue weighted by Crippen LogP contribution is -2.29. The van der Waals surface area contributed by atoms with Gasteiger partial charge >= 0.3 is 0 Å². The smallest absolute Gasteiger partial charge is 0.296 e. The largest absolute Gasteiger partial charge is 0.507 e. The number of fused-ring (bicyclic) bond motifs is 1. The van der Waals surface area contributed by atoms with E-state index in [9.17, 15) is 14.7 Å². The predicted octanol–water partition coefficient (Wildman–Crippen LogP) is 5.01. The van der Waals surface area contributed by atoms with Gasteiger partial charge in [-0.1, -0.05) is 19.1 Å². The topological polar surface area (TPSA) is 89.2 Å². The SMILES string of the molecule is CCCOc1cccc([C@H]2/C(=C(\O)c3ccc4c(c3)C[C@@H](C)O4)C(=O)C(=O)N2Cc2ccco2)c1. The van der Waals surface area contributed by atoms with Gasteiger partial charge in [-0.3, -0.25) is 9.59 Å². The molecule has 7 heteroatoms. The predicted molar refractivity (Wildman–Crippen MR) is 129 cm³/mol. The number of Topliss-reactive ketones (excluding diaryl/α,β-unsaturated/α-hetero) is 1. The second kappa shape index (κ2) is 9.33. The van der Waals surface area contributed by atoms with E-state index in [1.807, 2.05) is 44.2 Å². The molecule has 0 aliphatic carbocycles. The van der Waals surface area contributed by atoms with Crippen LogP contribution in [0.2, 0.25) is 0 Å². The number of benzene rings is 2. The van der Waals surface area contributed by atoms with Crippen LogP contribution in [0.5, 0.6) is 11.5 Å². The summed E-state index contributed by atoms with van der Waals surface area (Å²) >= 11 is 0. The van der Waals surface area contributed by atoms with Crippen molar-refractivity contribution < 1.29 is 28.6 Å². The molecule has 35 heavy (non-hydrogen) atoms. The molecule has 5 rings (SSSR count). The van der Waals surface area contributed by atoms with Crippen LogP contribution < -0.4 is 9.47 Å². The van der Waals surface area contributed by atoms with E-state index in [4.69, 9.17) is 13.9 Å². The molecule has 0 bridgehead atoms. The Morgan fingerprint density at radius 3 is 2.77 bits per heavy atom. The first kappa shape index (κ1) is 22.8. The number of hydrogen-bond donors (Lipinski definition) is 1. The van der Waals surface area contributed by atoms with Crippen LogP contribution in [0.1, 0.15) is 48.8 Å². The molecule has 0 radical (unpaired) electrons. The van der Waals surface area contributed by atoms with Gasteiger partial charge < -0.3 is 23.9 Å². The minimum atomic E-state index is -0.797. The van der Waals surface area contributed by atoms with Gasteiger partial charge in [0, 0.05) is 12.0 Å². The number of carbonyl (C=O) groups is 2. The molecular weight excluding hydrogens is 446 g/mol. The molecule has 2 aliphatic rings. The zero-order valence-corrected chi connectivity index (χ0v) is 19.7. The van der Waals surface area contributed by atoms with Crippen LogP contribution in [0.25, 0.3) is 5.76 Å². The Balaban J connectivity index is 1.61. The molecule has 180 valence electrons. The number of likely N-dealkylation sites (tertiary alicyclic amines) is 1. The third-order valence-corrected chi connectivity index (χ3v) is 6.26. The van der Waals surface area contributed by atoms with Crippen molar-refractivity contribution in [1.29, 1.82) is 0 Å². The standard InChI is InChI=1S/C28H27NO6/c1-3-11-33-21-7-4-6-18(15-21)25-24(27(31)28(32)29(25)16-22-8-5-12-34-22)26(30)19-9-10-23-20(14-19)13-17(2)35-23/h4-10,12,14-15,17,25,30H,3,11,13,16H2,1-2H3/b26-24+/t17-,25+/m1/s1. The van der Waals surface area contributed by atoms with E-state index in [0.29, 0.717) is 35.7 Å². The monoisotopic (exact) mass is 473 g/mol. The first-order valence-corrected chi connectivity index (χ1v) is 11.8. The number of ketones is 1. The quantitative estimate of drug-likeness (QED) is 0.295. The minimum Gasteiger partial charge on any atom is -0.507 e. The zero-order valence-electron chi connectivity index (χ0n) is 19.7. The second-order valence-corrected chi connectivity index (χ2v) is 8.88. The van der Waals surface area contributed by atoms with Crippen molar-refractivity contribution in [1.82, 2.24) is 4.90 Å². The zero-order chi connectivity index (χ0) is 24.5. The molecule has 1 amide bonds. The molecule has 2 aliphatic heterocycles. The van der Waals surface area contributed by atoms with Crippen molar-refractivity contribution >= 4 is 17.4 Å². The molecule has 3 aromatic rings. The van der Waals surface area contributed by atoms with Gasteiger partial charge in [0.05, 0.1) is 31.0 Å². The van der Waals surface area contributed by atoms with E-state index in [-0.39, 0.29) is 24.0 Å². The molecule has 2 aromatic carbocycles. The first-order valence-electron chi connectivity index (χ1n) is 11.8. The number of rotatable bonds is 7. The van der Waals surface area contributed by atoms with Crippen molar-refractivity contribution in [2.24, 2.45) is 0 Å². The van der Waals surface area contributed by atoms with Gasteiger partial charge in [0.2, 0.25) is 0 Å². The fourth-order valence-electron chi connectivity index (χ4n) is 4.68. The molecule has 0 spiro atoms. The number of aliphatic hydroxyl groups excluding tert-OH is 1. The normalized spacial score (nSPS) is 20.7. The fraction of sp³-hybridized carbons (Fsp3) is 0.286. The molecule has 1 N–H and O–H groups in total. The summed E-state index contributed by atoms with van der Waals surface area (Å²) in [5.41, 5.74) is 2.14. The highest BCUT2D eigenvalue weighted by molar-refractivity contribution is 6.46. The Labute approximate surface area is 203 Å². The number of amides is 1. The maximum Gasteiger partial charge on any atom is 0.296 e. The fourth-order valence-corrected chi connectivity index (χ4v) is 4.68. The summed E-state index contributed by atoms with van der Waals surface area (Å²) in [5, 5.41) is 11.4. The molecule has 3 heterocycles. The third kappa shape index (κ3) is 4.30.